The van der Waals surface area contributed by atoms with Crippen molar-refractivity contribution in [2.24, 2.45) is 0 Å². The van der Waals surface area contributed by atoms with Gasteiger partial charge in [-0.1, -0.05) is 11.6 Å². The molecule has 1 aliphatic heterocycles. The van der Waals surface area contributed by atoms with Crippen molar-refractivity contribution in [3.63, 3.8) is 0 Å². The third-order valence-electron chi connectivity index (χ3n) is 7.06. The number of carbonyl (C=O) groups is 2. The SMILES string of the molecule is COC1C[C@H](NC(=O)c2cc3cc(Cl)ccc3[nH]2)[C@H](NC(=O)c2nc3c(s2)CN(C)CC3)CC1OC. The van der Waals surface area contributed by atoms with Gasteiger partial charge >= 0.3 is 0 Å². The number of methoxy groups -OCH3 is 2. The van der Waals surface area contributed by atoms with Crippen LogP contribution in [0.1, 0.15) is 43.7 Å². The predicted octanol–water partition coefficient (Wildman–Crippen LogP) is 2.99. The van der Waals surface area contributed by atoms with Crippen LogP contribution in [-0.4, -0.2) is 78.8 Å². The summed E-state index contributed by atoms with van der Waals surface area (Å²) in [6.07, 6.45) is 1.42. The van der Waals surface area contributed by atoms with Crippen molar-refractivity contribution in [3.05, 3.63) is 50.6 Å². The lowest BCUT2D eigenvalue weighted by Gasteiger charge is -2.40. The molecule has 0 bridgehead atoms. The molecule has 3 heterocycles. The smallest absolute Gasteiger partial charge is 0.280 e. The highest BCUT2D eigenvalue weighted by molar-refractivity contribution is 7.13. The summed E-state index contributed by atoms with van der Waals surface area (Å²) in [4.78, 5) is 37.5. The Balaban J connectivity index is 1.34. The first-order valence-electron chi connectivity index (χ1n) is 12.0. The summed E-state index contributed by atoms with van der Waals surface area (Å²) in [7, 11) is 5.33. The van der Waals surface area contributed by atoms with Gasteiger partial charge in [0.15, 0.2) is 5.01 Å². The molecule has 4 atom stereocenters. The van der Waals surface area contributed by atoms with Gasteiger partial charge in [0.2, 0.25) is 0 Å². The van der Waals surface area contributed by atoms with Gasteiger partial charge in [0.25, 0.3) is 11.8 Å². The number of likely N-dealkylation sites (N-methyl/N-ethyl adjacent to an activating group) is 1. The maximum absolute atomic E-state index is 13.2. The zero-order valence-electron chi connectivity index (χ0n) is 20.5. The molecule has 5 rings (SSSR count). The molecule has 0 spiro atoms. The van der Waals surface area contributed by atoms with Gasteiger partial charge in [-0.3, -0.25) is 9.59 Å². The lowest BCUT2D eigenvalue weighted by atomic mass is 9.85. The second kappa shape index (κ2) is 10.5. The lowest BCUT2D eigenvalue weighted by molar-refractivity contribution is -0.0709. The van der Waals surface area contributed by atoms with E-state index in [1.165, 1.54) is 11.3 Å². The van der Waals surface area contributed by atoms with Gasteiger partial charge in [0, 0.05) is 54.5 Å². The molecule has 2 unspecified atom stereocenters. The Morgan fingerprint density at radius 1 is 1.11 bits per heavy atom. The monoisotopic (exact) mass is 531 g/mol. The molecule has 1 fully saturated rings. The second-order valence-corrected chi connectivity index (χ2v) is 11.0. The number of nitrogens with zero attached hydrogens (tertiary/aromatic N) is 2. The van der Waals surface area contributed by atoms with Crippen molar-refractivity contribution in [2.75, 3.05) is 27.8 Å². The summed E-state index contributed by atoms with van der Waals surface area (Å²) in [5, 5.41) is 8.14. The van der Waals surface area contributed by atoms with Gasteiger partial charge in [0.1, 0.15) is 5.69 Å². The largest absolute Gasteiger partial charge is 0.379 e. The molecular formula is C25H30ClN5O4S. The third kappa shape index (κ3) is 5.14. The van der Waals surface area contributed by atoms with E-state index in [0.717, 1.165) is 41.0 Å². The standard InChI is InChI=1S/C25H30ClN5O4S/c1-31-7-6-16-22(12-31)36-25(30-16)24(33)29-18-11-21(35-3)20(34-2)10-17(18)28-23(32)19-9-13-8-14(26)4-5-15(13)27-19/h4-5,8-9,17-18,20-21,27H,6-7,10-12H2,1-3H3,(H,28,32)(H,29,33)/t17-,18+,20?,21?/m0/s1. The molecule has 0 saturated heterocycles. The van der Waals surface area contributed by atoms with E-state index >= 15 is 0 Å². The van der Waals surface area contributed by atoms with Crippen LogP contribution in [0.15, 0.2) is 24.3 Å². The van der Waals surface area contributed by atoms with E-state index in [-0.39, 0.29) is 36.1 Å². The van der Waals surface area contributed by atoms with Crippen LogP contribution in [0, 0.1) is 0 Å². The topological polar surface area (TPSA) is 109 Å². The van der Waals surface area contributed by atoms with Gasteiger partial charge in [0.05, 0.1) is 30.0 Å². The number of aromatic amines is 1. The van der Waals surface area contributed by atoms with Crippen molar-refractivity contribution in [3.8, 4) is 0 Å². The van der Waals surface area contributed by atoms with Crippen LogP contribution in [0.3, 0.4) is 0 Å². The fourth-order valence-electron chi connectivity index (χ4n) is 5.07. The van der Waals surface area contributed by atoms with E-state index in [0.29, 0.717) is 28.6 Å². The minimum atomic E-state index is -0.353. The number of rotatable bonds is 6. The first-order valence-corrected chi connectivity index (χ1v) is 13.2. The van der Waals surface area contributed by atoms with Gasteiger partial charge in [-0.15, -0.1) is 11.3 Å². The van der Waals surface area contributed by atoms with E-state index in [9.17, 15) is 9.59 Å². The molecule has 36 heavy (non-hydrogen) atoms. The highest BCUT2D eigenvalue weighted by atomic mass is 35.5. The van der Waals surface area contributed by atoms with Crippen LogP contribution in [0.5, 0.6) is 0 Å². The molecule has 1 aliphatic carbocycles. The number of carbonyl (C=O) groups excluding carboxylic acids is 2. The number of hydrogen-bond acceptors (Lipinski definition) is 7. The van der Waals surface area contributed by atoms with Crippen molar-refractivity contribution in [2.45, 2.75) is 50.1 Å². The average Bonchev–Trinajstić information content (AvgIpc) is 3.48. The zero-order valence-corrected chi connectivity index (χ0v) is 22.0. The molecule has 192 valence electrons. The van der Waals surface area contributed by atoms with Gasteiger partial charge in [-0.05, 0) is 44.2 Å². The summed E-state index contributed by atoms with van der Waals surface area (Å²) >= 11 is 7.53. The zero-order chi connectivity index (χ0) is 25.4. The first-order chi connectivity index (χ1) is 17.3. The van der Waals surface area contributed by atoms with Crippen molar-refractivity contribution in [1.82, 2.24) is 25.5 Å². The number of fused-ring (bicyclic) bond motifs is 2. The quantitative estimate of drug-likeness (QED) is 0.451. The van der Waals surface area contributed by atoms with Crippen LogP contribution in [0.2, 0.25) is 5.02 Å². The number of H-pyrrole nitrogens is 1. The summed E-state index contributed by atoms with van der Waals surface area (Å²) in [6, 6.07) is 6.50. The number of ether oxygens (including phenoxy) is 2. The van der Waals surface area contributed by atoms with Crippen LogP contribution in [-0.2, 0) is 22.4 Å². The molecule has 2 amide bonds. The highest BCUT2D eigenvalue weighted by Crippen LogP contribution is 2.28. The molecular weight excluding hydrogens is 502 g/mol. The molecule has 0 radical (unpaired) electrons. The van der Waals surface area contributed by atoms with E-state index in [4.69, 9.17) is 21.1 Å². The number of nitrogens with one attached hydrogen (secondary N) is 3. The Labute approximate surface area is 218 Å². The van der Waals surface area contributed by atoms with Crippen LogP contribution in [0.4, 0.5) is 0 Å². The van der Waals surface area contributed by atoms with Crippen molar-refractivity contribution < 1.29 is 19.1 Å². The van der Waals surface area contributed by atoms with Gasteiger partial charge in [-0.25, -0.2) is 4.98 Å². The summed E-state index contributed by atoms with van der Waals surface area (Å²) < 4.78 is 11.3. The maximum Gasteiger partial charge on any atom is 0.280 e. The number of amides is 2. The molecule has 3 N–H and O–H groups in total. The van der Waals surface area contributed by atoms with Gasteiger partial charge in [-0.2, -0.15) is 0 Å². The van der Waals surface area contributed by atoms with E-state index < -0.39 is 0 Å². The fraction of sp³-hybridized carbons (Fsp3) is 0.480. The Morgan fingerprint density at radius 3 is 2.50 bits per heavy atom. The van der Waals surface area contributed by atoms with Crippen molar-refractivity contribution in [1.29, 1.82) is 0 Å². The molecule has 3 aromatic rings. The minimum absolute atomic E-state index is 0.207. The van der Waals surface area contributed by atoms with E-state index in [1.54, 1.807) is 26.4 Å². The number of halogens is 1. The Morgan fingerprint density at radius 2 is 1.81 bits per heavy atom. The first kappa shape index (κ1) is 25.2. The van der Waals surface area contributed by atoms with Gasteiger partial charge < -0.3 is 30.0 Å². The maximum atomic E-state index is 13.2. The van der Waals surface area contributed by atoms with E-state index in [1.807, 2.05) is 12.1 Å². The lowest BCUT2D eigenvalue weighted by Crippen LogP contribution is -2.59. The minimum Gasteiger partial charge on any atom is -0.379 e. The molecule has 2 aromatic heterocycles. The van der Waals surface area contributed by atoms with E-state index in [2.05, 4.69) is 32.5 Å². The average molecular weight is 532 g/mol. The second-order valence-electron chi connectivity index (χ2n) is 9.47. The number of aromatic nitrogens is 2. The fourth-order valence-corrected chi connectivity index (χ4v) is 6.34. The molecule has 1 saturated carbocycles. The normalized spacial score (nSPS) is 24.4. The Hall–Kier alpha value is -2.50. The van der Waals surface area contributed by atoms with Crippen molar-refractivity contribution >= 4 is 45.7 Å². The molecule has 11 heteroatoms. The number of hydrogen-bond donors (Lipinski definition) is 3. The number of thiazole rings is 1. The highest BCUT2D eigenvalue weighted by Gasteiger charge is 2.40. The third-order valence-corrected chi connectivity index (χ3v) is 8.37. The van der Waals surface area contributed by atoms with Crippen LogP contribution in [0.25, 0.3) is 10.9 Å². The summed E-state index contributed by atoms with van der Waals surface area (Å²) in [5.74, 6) is -0.489. The Kier molecular flexibility index (Phi) is 7.32. The summed E-state index contributed by atoms with van der Waals surface area (Å²) in [6.45, 7) is 1.74. The molecule has 1 aromatic carbocycles. The summed E-state index contributed by atoms with van der Waals surface area (Å²) in [5.41, 5.74) is 2.26. The van der Waals surface area contributed by atoms with Crippen LogP contribution < -0.4 is 10.6 Å². The number of benzene rings is 1. The molecule has 2 aliphatic rings. The van der Waals surface area contributed by atoms with Crippen LogP contribution >= 0.6 is 22.9 Å². The predicted molar refractivity (Wildman–Crippen MR) is 139 cm³/mol. The Bertz CT molecular complexity index is 1280. The molecule has 9 nitrogen and oxygen atoms in total.